The number of rotatable bonds is 20. The number of esters is 2. The number of hydrogen-bond donors (Lipinski definition) is 5. The fourth-order valence-electron chi connectivity index (χ4n) is 11.2. The van der Waals surface area contributed by atoms with Crippen molar-refractivity contribution >= 4 is 41.5 Å². The number of H-pyrrole nitrogens is 2. The molecular formula is C55H80N4O6. The van der Waals surface area contributed by atoms with E-state index in [1.807, 2.05) is 19.9 Å². The second kappa shape index (κ2) is 21.8. The number of aliphatic hydroxyl groups excluding tert-OH is 1. The minimum Gasteiger partial charge on any atom is -0.468 e. The molecule has 6 rings (SSSR count). The molecule has 3 aliphatic heterocycles. The van der Waals surface area contributed by atoms with Gasteiger partial charge >= 0.3 is 11.9 Å². The summed E-state index contributed by atoms with van der Waals surface area (Å²) in [6.07, 6.45) is 20.0. The van der Waals surface area contributed by atoms with Crippen molar-refractivity contribution in [1.29, 1.82) is 0 Å². The molecular weight excluding hydrogens is 813 g/mol. The Kier molecular flexibility index (Phi) is 16.7. The lowest BCUT2D eigenvalue weighted by molar-refractivity contribution is -0.146. The number of aromatic nitrogens is 2. The van der Waals surface area contributed by atoms with E-state index in [2.05, 4.69) is 94.2 Å². The second-order valence-corrected chi connectivity index (χ2v) is 20.6. The maximum atomic E-state index is 13.7. The second-order valence-electron chi connectivity index (χ2n) is 20.6. The predicted octanol–water partition coefficient (Wildman–Crippen LogP) is 12.3. The van der Waals surface area contributed by atoms with E-state index in [0.717, 1.165) is 82.1 Å². The Hall–Kier alpha value is -4.57. The van der Waals surface area contributed by atoms with Gasteiger partial charge in [0.15, 0.2) is 5.78 Å². The van der Waals surface area contributed by atoms with E-state index < -0.39 is 18.0 Å². The first-order valence-electron chi connectivity index (χ1n) is 24.9. The van der Waals surface area contributed by atoms with Crippen LogP contribution in [0.3, 0.4) is 0 Å². The van der Waals surface area contributed by atoms with E-state index in [-0.39, 0.29) is 48.5 Å². The number of Topliss-reactive ketones (excluding diaryl/α,β-unsaturated/α-hetero) is 1. The standard InChI is InChI=1S/C55H80N4O6/c1-13-39-34(7)41-29-46-48(38(11)60)36(9)43(57-46)27-42-35(8)40(52(58-42)50-51(55(63)64-12)54(62)49-37(10)44(59-53(49)50)28-45(39)56-41)23-24-47(61)65-26-25-33(6)22-16-21-32(5)20-15-19-31(4)18-14-17-30(2)3/h25,27-32,34-35,39-40,51,54,56-59,62H,13-24,26H2,1-12H3/b33-25-,41-29-,42-27-,45-28-,52-50-/t31-,32-,34-,35+,39-,40+,51-,54?/m1/s1. The molecule has 0 spiro atoms. The first-order valence-corrected chi connectivity index (χ1v) is 24.9. The molecule has 10 heteroatoms. The van der Waals surface area contributed by atoms with Crippen LogP contribution in [0.5, 0.6) is 0 Å². The lowest BCUT2D eigenvalue weighted by atomic mass is 9.84. The van der Waals surface area contributed by atoms with Crippen LogP contribution in [-0.4, -0.2) is 46.5 Å². The third-order valence-corrected chi connectivity index (χ3v) is 15.3. The van der Waals surface area contributed by atoms with Crippen LogP contribution in [0.2, 0.25) is 0 Å². The molecule has 5 N–H and O–H groups in total. The summed E-state index contributed by atoms with van der Waals surface area (Å²) in [4.78, 5) is 47.6. The third kappa shape index (κ3) is 11.2. The van der Waals surface area contributed by atoms with Gasteiger partial charge in [-0.1, -0.05) is 99.0 Å². The number of hydrogen-bond acceptors (Lipinski definition) is 8. The topological polar surface area (TPSA) is 146 Å². The lowest BCUT2D eigenvalue weighted by Crippen LogP contribution is -2.24. The number of ether oxygens (including phenoxy) is 2. The molecule has 2 saturated heterocycles. The Balaban J connectivity index is 1.21. The fraction of sp³-hybridized carbons (Fsp3) is 0.618. The number of carbonyl (C=O) groups excluding carboxylic acids is 3. The summed E-state index contributed by atoms with van der Waals surface area (Å²) in [7, 11) is 1.35. The van der Waals surface area contributed by atoms with Gasteiger partial charge in [0.2, 0.25) is 0 Å². The van der Waals surface area contributed by atoms with Crippen LogP contribution in [0, 0.1) is 61.2 Å². The number of aromatic amines is 2. The van der Waals surface area contributed by atoms with Gasteiger partial charge in [-0.2, -0.15) is 0 Å². The van der Waals surface area contributed by atoms with Crippen molar-refractivity contribution in [3.8, 4) is 0 Å². The van der Waals surface area contributed by atoms with E-state index in [4.69, 9.17) is 9.47 Å². The van der Waals surface area contributed by atoms with Gasteiger partial charge in [0.1, 0.15) is 12.5 Å². The Morgan fingerprint density at radius 2 is 1.37 bits per heavy atom. The Labute approximate surface area is 389 Å². The first-order chi connectivity index (χ1) is 30.9. The zero-order valence-electron chi connectivity index (χ0n) is 41.7. The Morgan fingerprint density at radius 1 is 0.769 bits per heavy atom. The van der Waals surface area contributed by atoms with Crippen LogP contribution in [0.15, 0.2) is 34.4 Å². The van der Waals surface area contributed by atoms with Crippen molar-refractivity contribution in [2.45, 2.75) is 159 Å². The molecule has 2 fully saturated rings. The summed E-state index contributed by atoms with van der Waals surface area (Å²) >= 11 is 0. The molecule has 4 aliphatic rings. The summed E-state index contributed by atoms with van der Waals surface area (Å²) < 4.78 is 11.2. The van der Waals surface area contributed by atoms with Gasteiger partial charge < -0.3 is 35.2 Å². The smallest absolute Gasteiger partial charge is 0.316 e. The summed E-state index contributed by atoms with van der Waals surface area (Å²) in [6, 6.07) is 0. The van der Waals surface area contributed by atoms with Gasteiger partial charge in [0.25, 0.3) is 0 Å². The molecule has 65 heavy (non-hydrogen) atoms. The summed E-state index contributed by atoms with van der Waals surface area (Å²) in [5.74, 6) is 0.563. The highest BCUT2D eigenvalue weighted by Gasteiger charge is 2.49. The summed E-state index contributed by atoms with van der Waals surface area (Å²) in [5, 5.41) is 19.4. The fourth-order valence-corrected chi connectivity index (χ4v) is 11.2. The molecule has 1 aliphatic carbocycles. The SMILES string of the molecule is CC[C@H]1/C2=C/c3[nH]c4c(c3C)C(O)[C@H](C(=O)OC)/C4=C3/N/C(=C\c4[nH]c(c(C(C)=O)c4C)/C=C(\N2)[C@@H]1C)[C@@H](C)[C@@H]3CCC(=O)OC/C=C(/C)CCC[C@H](C)CCC[C@H](C)CCCC(C)C. The van der Waals surface area contributed by atoms with Crippen molar-refractivity contribution in [2.24, 2.45) is 47.3 Å². The molecule has 0 aromatic carbocycles. The van der Waals surface area contributed by atoms with Crippen LogP contribution in [0.1, 0.15) is 195 Å². The van der Waals surface area contributed by atoms with Crippen molar-refractivity contribution < 1.29 is 29.0 Å². The van der Waals surface area contributed by atoms with Crippen molar-refractivity contribution in [3.05, 3.63) is 79.5 Å². The minimum atomic E-state index is -1.13. The van der Waals surface area contributed by atoms with Crippen LogP contribution in [0.25, 0.3) is 23.8 Å². The van der Waals surface area contributed by atoms with E-state index in [1.54, 1.807) is 6.92 Å². The molecule has 0 radical (unpaired) electrons. The average molecular weight is 893 g/mol. The number of nitrogens with one attached hydrogen (secondary N) is 4. The van der Waals surface area contributed by atoms with Gasteiger partial charge in [0.05, 0.1) is 24.6 Å². The summed E-state index contributed by atoms with van der Waals surface area (Å²) in [6.45, 7) is 23.9. The van der Waals surface area contributed by atoms with Crippen molar-refractivity contribution in [3.63, 3.8) is 0 Å². The Morgan fingerprint density at radius 3 is 2.02 bits per heavy atom. The molecule has 1 unspecified atom stereocenters. The number of ketones is 1. The number of carbonyl (C=O) groups is 3. The molecule has 0 amide bonds. The zero-order valence-corrected chi connectivity index (χ0v) is 41.7. The molecule has 0 saturated carbocycles. The van der Waals surface area contributed by atoms with E-state index >= 15 is 0 Å². The normalized spacial score (nSPS) is 27.0. The average Bonchev–Trinajstić information content (AvgIpc) is 4.00. The van der Waals surface area contributed by atoms with E-state index in [9.17, 15) is 19.5 Å². The van der Waals surface area contributed by atoms with Crippen LogP contribution < -0.4 is 10.6 Å². The molecule has 8 atom stereocenters. The van der Waals surface area contributed by atoms with Crippen LogP contribution >= 0.6 is 0 Å². The largest absolute Gasteiger partial charge is 0.468 e. The highest BCUT2D eigenvalue weighted by Crippen LogP contribution is 2.53. The minimum absolute atomic E-state index is 0.0194. The Bertz CT molecular complexity index is 2230. The molecule has 5 heterocycles. The number of methoxy groups -OCH3 is 1. The number of allylic oxidation sites excluding steroid dienone is 5. The van der Waals surface area contributed by atoms with Gasteiger partial charge in [-0.15, -0.1) is 0 Å². The predicted molar refractivity (Wildman–Crippen MR) is 263 cm³/mol. The molecule has 2 aromatic heterocycles. The van der Waals surface area contributed by atoms with Crippen LogP contribution in [0.4, 0.5) is 0 Å². The van der Waals surface area contributed by atoms with Gasteiger partial charge in [-0.3, -0.25) is 14.4 Å². The van der Waals surface area contributed by atoms with E-state index in [0.29, 0.717) is 34.7 Å². The van der Waals surface area contributed by atoms with Crippen LogP contribution in [-0.2, 0) is 19.1 Å². The van der Waals surface area contributed by atoms with Crippen molar-refractivity contribution in [1.82, 2.24) is 20.6 Å². The summed E-state index contributed by atoms with van der Waals surface area (Å²) in [5.41, 5.74) is 11.8. The number of fused-ring (bicyclic) bond motifs is 7. The third-order valence-electron chi connectivity index (χ3n) is 15.3. The van der Waals surface area contributed by atoms with Gasteiger partial charge in [-0.25, -0.2) is 0 Å². The molecule has 10 nitrogen and oxygen atoms in total. The van der Waals surface area contributed by atoms with Gasteiger partial charge in [0, 0.05) is 81.0 Å². The highest BCUT2D eigenvalue weighted by molar-refractivity contribution is 6.00. The molecule has 2 aromatic rings. The maximum absolute atomic E-state index is 13.7. The van der Waals surface area contributed by atoms with E-state index in [1.165, 1.54) is 57.6 Å². The zero-order chi connectivity index (χ0) is 47.3. The monoisotopic (exact) mass is 893 g/mol. The molecule has 8 bridgehead atoms. The highest BCUT2D eigenvalue weighted by atomic mass is 16.5. The lowest BCUT2D eigenvalue weighted by Gasteiger charge is -2.21. The quantitative estimate of drug-likeness (QED) is 0.0502. The molecule has 356 valence electrons. The first kappa shape index (κ1) is 49.9. The number of aliphatic hydroxyl groups is 1. The van der Waals surface area contributed by atoms with Crippen molar-refractivity contribution in [2.75, 3.05) is 13.7 Å². The van der Waals surface area contributed by atoms with Gasteiger partial charge in [-0.05, 0) is 107 Å². The maximum Gasteiger partial charge on any atom is 0.316 e.